The molecule has 2 amide bonds. The number of benzene rings is 1. The van der Waals surface area contributed by atoms with E-state index in [9.17, 15) is 9.90 Å². The van der Waals surface area contributed by atoms with E-state index in [1.165, 1.54) is 18.6 Å². The Morgan fingerprint density at radius 2 is 2.14 bits per heavy atom. The summed E-state index contributed by atoms with van der Waals surface area (Å²) in [5.41, 5.74) is 1.15. The van der Waals surface area contributed by atoms with Crippen molar-refractivity contribution in [2.45, 2.75) is 43.5 Å². The lowest BCUT2D eigenvalue weighted by Gasteiger charge is -2.20. The Morgan fingerprint density at radius 1 is 1.36 bits per heavy atom. The fraction of sp³-hybridized carbons (Fsp3) is 0.588. The highest BCUT2D eigenvalue weighted by molar-refractivity contribution is 8.00. The molecule has 1 aromatic carbocycles. The van der Waals surface area contributed by atoms with Gasteiger partial charge < -0.3 is 15.7 Å². The first-order valence-corrected chi connectivity index (χ1v) is 9.06. The fourth-order valence-electron chi connectivity index (χ4n) is 2.76. The van der Waals surface area contributed by atoms with Crippen LogP contribution in [0.25, 0.3) is 0 Å². The Bertz CT molecular complexity index is 447. The van der Waals surface area contributed by atoms with Crippen molar-refractivity contribution in [3.63, 3.8) is 0 Å². The second-order valence-electron chi connectivity index (χ2n) is 5.92. The van der Waals surface area contributed by atoms with E-state index in [1.54, 1.807) is 6.92 Å². The summed E-state index contributed by atoms with van der Waals surface area (Å²) in [5.74, 6) is 1.34. The molecule has 0 radical (unpaired) electrons. The van der Waals surface area contributed by atoms with E-state index in [2.05, 4.69) is 10.6 Å². The normalized spacial score (nSPS) is 20.4. The first-order chi connectivity index (χ1) is 10.6. The van der Waals surface area contributed by atoms with Gasteiger partial charge in [0.15, 0.2) is 0 Å². The number of thioether (sulfide) groups is 1. The van der Waals surface area contributed by atoms with E-state index >= 15 is 0 Å². The van der Waals surface area contributed by atoms with Crippen molar-refractivity contribution >= 4 is 17.8 Å². The third kappa shape index (κ3) is 5.89. The molecule has 0 bridgehead atoms. The third-order valence-electron chi connectivity index (χ3n) is 3.92. The molecule has 22 heavy (non-hydrogen) atoms. The Kier molecular flexibility index (Phi) is 7.06. The Hall–Kier alpha value is -1.20. The molecule has 1 saturated heterocycles. The number of nitrogens with one attached hydrogen (secondary N) is 2. The lowest BCUT2D eigenvalue weighted by Crippen LogP contribution is -2.40. The summed E-state index contributed by atoms with van der Waals surface area (Å²) in [6, 6.07) is 9.93. The van der Waals surface area contributed by atoms with Crippen LogP contribution in [0.3, 0.4) is 0 Å². The predicted molar refractivity (Wildman–Crippen MR) is 92.4 cm³/mol. The van der Waals surface area contributed by atoms with E-state index in [0.717, 1.165) is 12.1 Å². The molecule has 5 heteroatoms. The molecule has 1 heterocycles. The van der Waals surface area contributed by atoms with Gasteiger partial charge in [-0.25, -0.2) is 4.79 Å². The highest BCUT2D eigenvalue weighted by atomic mass is 32.2. The highest BCUT2D eigenvalue weighted by Crippen LogP contribution is 2.25. The van der Waals surface area contributed by atoms with Crippen LogP contribution in [-0.2, 0) is 0 Å². The lowest BCUT2D eigenvalue weighted by atomic mass is 9.93. The van der Waals surface area contributed by atoms with Gasteiger partial charge in [0, 0.05) is 24.3 Å². The molecule has 0 aliphatic carbocycles. The summed E-state index contributed by atoms with van der Waals surface area (Å²) in [4.78, 5) is 11.9. The predicted octanol–water partition coefficient (Wildman–Crippen LogP) is 2.74. The fourth-order valence-corrected chi connectivity index (χ4v) is 3.97. The Labute approximate surface area is 137 Å². The zero-order chi connectivity index (χ0) is 15.8. The number of aliphatic hydroxyl groups is 1. The minimum absolute atomic E-state index is 0.112. The van der Waals surface area contributed by atoms with Crippen molar-refractivity contribution in [2.24, 2.45) is 0 Å². The summed E-state index contributed by atoms with van der Waals surface area (Å²) in [7, 11) is 0. The first kappa shape index (κ1) is 17.2. The second-order valence-corrected chi connectivity index (χ2v) is 7.33. The van der Waals surface area contributed by atoms with Gasteiger partial charge >= 0.3 is 6.03 Å². The van der Waals surface area contributed by atoms with Gasteiger partial charge in [0.25, 0.3) is 0 Å². The van der Waals surface area contributed by atoms with Crippen molar-refractivity contribution in [3.8, 4) is 0 Å². The molecule has 0 aromatic heterocycles. The molecule has 1 fully saturated rings. The van der Waals surface area contributed by atoms with Gasteiger partial charge in [-0.3, -0.25) is 0 Å². The van der Waals surface area contributed by atoms with Gasteiger partial charge in [-0.1, -0.05) is 30.3 Å². The van der Waals surface area contributed by atoms with Crippen LogP contribution < -0.4 is 10.6 Å². The van der Waals surface area contributed by atoms with Crippen LogP contribution >= 0.6 is 11.8 Å². The molecule has 0 spiro atoms. The van der Waals surface area contributed by atoms with Crippen molar-refractivity contribution < 1.29 is 9.90 Å². The Morgan fingerprint density at radius 3 is 2.77 bits per heavy atom. The van der Waals surface area contributed by atoms with Gasteiger partial charge in [-0.2, -0.15) is 11.8 Å². The largest absolute Gasteiger partial charge is 0.393 e. The lowest BCUT2D eigenvalue weighted by molar-refractivity contribution is 0.173. The topological polar surface area (TPSA) is 61.4 Å². The van der Waals surface area contributed by atoms with Gasteiger partial charge in [0.05, 0.1) is 6.10 Å². The molecule has 1 aliphatic rings. The standard InChI is InChI=1S/C17H26N2O2S/c1-13(20)10-15(14-6-3-2-4-7-14)11-18-17(21)19-12-16-8-5-9-22-16/h2-4,6-7,13,15-16,20H,5,8-12H2,1H3,(H2,18,19,21). The molecule has 3 N–H and O–H groups in total. The van der Waals surface area contributed by atoms with Gasteiger partial charge in [-0.15, -0.1) is 0 Å². The monoisotopic (exact) mass is 322 g/mol. The number of rotatable bonds is 7. The summed E-state index contributed by atoms with van der Waals surface area (Å²) in [6.07, 6.45) is 2.70. The highest BCUT2D eigenvalue weighted by Gasteiger charge is 2.18. The van der Waals surface area contributed by atoms with Gasteiger partial charge in [0.1, 0.15) is 0 Å². The number of amides is 2. The Balaban J connectivity index is 1.78. The van der Waals surface area contributed by atoms with Crippen LogP contribution in [0.5, 0.6) is 0 Å². The van der Waals surface area contributed by atoms with Crippen LogP contribution in [0.1, 0.15) is 37.7 Å². The van der Waals surface area contributed by atoms with Crippen molar-refractivity contribution in [1.29, 1.82) is 0 Å². The molecular weight excluding hydrogens is 296 g/mol. The molecule has 4 nitrogen and oxygen atoms in total. The molecule has 1 aliphatic heterocycles. The minimum Gasteiger partial charge on any atom is -0.393 e. The van der Waals surface area contributed by atoms with Crippen LogP contribution in [0, 0.1) is 0 Å². The second kappa shape index (κ2) is 9.06. The molecule has 3 unspecified atom stereocenters. The van der Waals surface area contributed by atoms with E-state index < -0.39 is 0 Å². The molecule has 0 saturated carbocycles. The SMILES string of the molecule is CC(O)CC(CNC(=O)NCC1CCCS1)c1ccccc1. The summed E-state index contributed by atoms with van der Waals surface area (Å²) in [5, 5.41) is 16.1. The minimum atomic E-state index is -0.384. The van der Waals surface area contributed by atoms with Crippen LogP contribution in [0.4, 0.5) is 4.79 Å². The molecule has 2 rings (SSSR count). The number of hydrogen-bond acceptors (Lipinski definition) is 3. The number of urea groups is 1. The van der Waals surface area contributed by atoms with E-state index in [0.29, 0.717) is 18.2 Å². The number of carbonyl (C=O) groups excluding carboxylic acids is 1. The number of hydrogen-bond donors (Lipinski definition) is 3. The van der Waals surface area contributed by atoms with Crippen molar-refractivity contribution in [2.75, 3.05) is 18.8 Å². The van der Waals surface area contributed by atoms with Crippen LogP contribution in [-0.4, -0.2) is 41.3 Å². The smallest absolute Gasteiger partial charge is 0.314 e. The van der Waals surface area contributed by atoms with Gasteiger partial charge in [0.2, 0.25) is 0 Å². The maximum Gasteiger partial charge on any atom is 0.314 e. The van der Waals surface area contributed by atoms with E-state index in [1.807, 2.05) is 42.1 Å². The zero-order valence-corrected chi connectivity index (χ0v) is 13.9. The molecule has 1 aromatic rings. The van der Waals surface area contributed by atoms with Crippen molar-refractivity contribution in [3.05, 3.63) is 35.9 Å². The maximum atomic E-state index is 11.9. The van der Waals surface area contributed by atoms with E-state index in [-0.39, 0.29) is 18.1 Å². The molecule has 3 atom stereocenters. The molecule has 122 valence electrons. The van der Waals surface area contributed by atoms with Crippen LogP contribution in [0.15, 0.2) is 30.3 Å². The van der Waals surface area contributed by atoms with Crippen LogP contribution in [0.2, 0.25) is 0 Å². The number of aliphatic hydroxyl groups excluding tert-OH is 1. The van der Waals surface area contributed by atoms with Gasteiger partial charge in [-0.05, 0) is 37.5 Å². The third-order valence-corrected chi connectivity index (χ3v) is 5.32. The zero-order valence-electron chi connectivity index (χ0n) is 13.1. The molecular formula is C17H26N2O2S. The average Bonchev–Trinajstić information content (AvgIpc) is 3.03. The average molecular weight is 322 g/mol. The quantitative estimate of drug-likeness (QED) is 0.723. The first-order valence-electron chi connectivity index (χ1n) is 8.01. The summed E-state index contributed by atoms with van der Waals surface area (Å²) >= 11 is 1.94. The maximum absolute atomic E-state index is 11.9. The van der Waals surface area contributed by atoms with E-state index in [4.69, 9.17) is 0 Å². The summed E-state index contributed by atoms with van der Waals surface area (Å²) in [6.45, 7) is 3.06. The summed E-state index contributed by atoms with van der Waals surface area (Å²) < 4.78 is 0. The van der Waals surface area contributed by atoms with Crippen molar-refractivity contribution in [1.82, 2.24) is 10.6 Å². The number of carbonyl (C=O) groups is 1.